The first kappa shape index (κ1) is 15.4. The lowest BCUT2D eigenvalue weighted by molar-refractivity contribution is -0.144. The van der Waals surface area contributed by atoms with Crippen LogP contribution in [0.1, 0.15) is 44.4 Å². The minimum absolute atomic E-state index is 0.0885. The summed E-state index contributed by atoms with van der Waals surface area (Å²) in [4.78, 5) is 24.0. The van der Waals surface area contributed by atoms with Crippen LogP contribution in [0.5, 0.6) is 5.75 Å². The molecular weight excluding hydrogens is 270 g/mol. The van der Waals surface area contributed by atoms with Gasteiger partial charge in [-0.2, -0.15) is 0 Å². The second-order valence-electron chi connectivity index (χ2n) is 5.61. The number of amides is 1. The Kier molecular flexibility index (Phi) is 4.21. The van der Waals surface area contributed by atoms with Gasteiger partial charge in [-0.3, -0.25) is 9.59 Å². The van der Waals surface area contributed by atoms with Gasteiger partial charge in [0.1, 0.15) is 5.75 Å². The third-order valence-electron chi connectivity index (χ3n) is 3.86. The molecule has 1 atom stereocenters. The zero-order valence-electron chi connectivity index (χ0n) is 12.9. The highest BCUT2D eigenvalue weighted by molar-refractivity contribution is 5.90. The predicted molar refractivity (Wildman–Crippen MR) is 78.2 cm³/mol. The van der Waals surface area contributed by atoms with Crippen molar-refractivity contribution in [2.75, 3.05) is 13.7 Å². The molecule has 21 heavy (non-hydrogen) atoms. The van der Waals surface area contributed by atoms with E-state index in [4.69, 9.17) is 9.47 Å². The molecule has 114 valence electrons. The maximum Gasteiger partial charge on any atom is 0.308 e. The van der Waals surface area contributed by atoms with Crippen LogP contribution in [0.3, 0.4) is 0 Å². The van der Waals surface area contributed by atoms with Crippen molar-refractivity contribution in [3.8, 4) is 5.75 Å². The number of benzene rings is 1. The van der Waals surface area contributed by atoms with Crippen LogP contribution in [0.25, 0.3) is 0 Å². The molecule has 0 saturated carbocycles. The van der Waals surface area contributed by atoms with Crippen LogP contribution < -0.4 is 10.1 Å². The highest BCUT2D eigenvalue weighted by Gasteiger charge is 2.40. The summed E-state index contributed by atoms with van der Waals surface area (Å²) in [6.07, 6.45) is 0.121. The Morgan fingerprint density at radius 2 is 2.10 bits per heavy atom. The van der Waals surface area contributed by atoms with Crippen LogP contribution in [0.4, 0.5) is 0 Å². The van der Waals surface area contributed by atoms with Gasteiger partial charge in [0, 0.05) is 0 Å². The average molecular weight is 291 g/mol. The van der Waals surface area contributed by atoms with Crippen LogP contribution in [-0.4, -0.2) is 25.6 Å². The van der Waals surface area contributed by atoms with Crippen molar-refractivity contribution in [3.05, 3.63) is 29.3 Å². The average Bonchev–Trinajstić information content (AvgIpc) is 2.44. The summed E-state index contributed by atoms with van der Waals surface area (Å²) in [5.74, 6) is 0.292. The minimum atomic E-state index is -0.632. The van der Waals surface area contributed by atoms with Gasteiger partial charge in [-0.25, -0.2) is 0 Å². The molecule has 0 aromatic heterocycles. The summed E-state index contributed by atoms with van der Waals surface area (Å²) < 4.78 is 10.2. The van der Waals surface area contributed by atoms with E-state index in [1.807, 2.05) is 32.0 Å². The maximum absolute atomic E-state index is 12.3. The normalized spacial score (nSPS) is 19.4. The molecule has 1 aliphatic rings. The molecule has 5 heteroatoms. The van der Waals surface area contributed by atoms with Crippen LogP contribution in [0.15, 0.2) is 18.2 Å². The summed E-state index contributed by atoms with van der Waals surface area (Å²) >= 11 is 0. The molecule has 0 aliphatic carbocycles. The summed E-state index contributed by atoms with van der Waals surface area (Å²) in [5, 5.41) is 2.91. The third kappa shape index (κ3) is 2.86. The summed E-state index contributed by atoms with van der Waals surface area (Å²) in [5.41, 5.74) is 1.20. The lowest BCUT2D eigenvalue weighted by Gasteiger charge is -2.36. The Bertz CT molecular complexity index is 565. The van der Waals surface area contributed by atoms with Crippen molar-refractivity contribution >= 4 is 11.9 Å². The maximum atomic E-state index is 12.3. The van der Waals surface area contributed by atoms with Gasteiger partial charge in [0.05, 0.1) is 31.6 Å². The second-order valence-corrected chi connectivity index (χ2v) is 5.61. The molecule has 5 nitrogen and oxygen atoms in total. The molecule has 0 spiro atoms. The zero-order chi connectivity index (χ0) is 15.6. The molecule has 1 aliphatic heterocycles. The molecule has 0 saturated heterocycles. The van der Waals surface area contributed by atoms with Gasteiger partial charge in [-0.15, -0.1) is 0 Å². The fraction of sp³-hybridized carbons (Fsp3) is 0.500. The molecule has 0 bridgehead atoms. The van der Waals surface area contributed by atoms with Gasteiger partial charge < -0.3 is 14.8 Å². The van der Waals surface area contributed by atoms with Crippen molar-refractivity contribution in [1.82, 2.24) is 5.32 Å². The number of methoxy groups -OCH3 is 1. The van der Waals surface area contributed by atoms with E-state index in [1.165, 1.54) is 0 Å². The largest absolute Gasteiger partial charge is 0.497 e. The summed E-state index contributed by atoms with van der Waals surface area (Å²) in [6, 6.07) is 5.22. The highest BCUT2D eigenvalue weighted by Crippen LogP contribution is 2.38. The number of nitrogens with one attached hydrogen (secondary N) is 1. The molecule has 1 amide bonds. The van der Waals surface area contributed by atoms with Crippen molar-refractivity contribution in [2.24, 2.45) is 0 Å². The molecule has 1 heterocycles. The van der Waals surface area contributed by atoms with Crippen molar-refractivity contribution in [2.45, 2.75) is 38.6 Å². The Balaban J connectivity index is 2.41. The minimum Gasteiger partial charge on any atom is -0.497 e. The fourth-order valence-electron chi connectivity index (χ4n) is 2.61. The molecule has 1 unspecified atom stereocenters. The first-order valence-corrected chi connectivity index (χ1v) is 7.05. The van der Waals surface area contributed by atoms with E-state index >= 15 is 0 Å². The van der Waals surface area contributed by atoms with E-state index in [1.54, 1.807) is 14.0 Å². The highest BCUT2D eigenvalue weighted by atomic mass is 16.5. The first-order valence-electron chi connectivity index (χ1n) is 7.05. The van der Waals surface area contributed by atoms with Crippen LogP contribution in [-0.2, 0) is 19.7 Å². The molecule has 1 aromatic carbocycles. The van der Waals surface area contributed by atoms with E-state index in [0.717, 1.165) is 11.1 Å². The Morgan fingerprint density at radius 1 is 1.38 bits per heavy atom. The van der Waals surface area contributed by atoms with Gasteiger partial charge >= 0.3 is 5.97 Å². The second kappa shape index (κ2) is 5.76. The topological polar surface area (TPSA) is 64.6 Å². The fourth-order valence-corrected chi connectivity index (χ4v) is 2.61. The summed E-state index contributed by atoms with van der Waals surface area (Å²) in [6.45, 7) is 5.83. The van der Waals surface area contributed by atoms with Crippen LogP contribution in [0, 0.1) is 0 Å². The third-order valence-corrected chi connectivity index (χ3v) is 3.86. The van der Waals surface area contributed by atoms with E-state index < -0.39 is 5.41 Å². The number of hydrogen-bond acceptors (Lipinski definition) is 4. The van der Waals surface area contributed by atoms with Crippen molar-refractivity contribution in [1.29, 1.82) is 0 Å². The number of carbonyl (C=O) groups excluding carboxylic acids is 2. The van der Waals surface area contributed by atoms with Gasteiger partial charge in [-0.1, -0.05) is 6.07 Å². The van der Waals surface area contributed by atoms with E-state index in [-0.39, 0.29) is 24.3 Å². The SMILES string of the molecule is CCOC(=O)CC1NC(=O)C(C)(C)c2ccc(OC)cc21. The number of hydrogen-bond donors (Lipinski definition) is 1. The molecule has 1 N–H and O–H groups in total. The Hall–Kier alpha value is -2.04. The lowest BCUT2D eigenvalue weighted by atomic mass is 9.75. The number of esters is 1. The van der Waals surface area contributed by atoms with E-state index in [0.29, 0.717) is 12.4 Å². The van der Waals surface area contributed by atoms with Crippen LogP contribution >= 0.6 is 0 Å². The number of fused-ring (bicyclic) bond motifs is 1. The number of ether oxygens (including phenoxy) is 2. The lowest BCUT2D eigenvalue weighted by Crippen LogP contribution is -2.47. The monoisotopic (exact) mass is 291 g/mol. The summed E-state index contributed by atoms with van der Waals surface area (Å²) in [7, 11) is 1.59. The van der Waals surface area contributed by atoms with Crippen molar-refractivity contribution < 1.29 is 19.1 Å². The van der Waals surface area contributed by atoms with Gasteiger partial charge in [0.2, 0.25) is 5.91 Å². The van der Waals surface area contributed by atoms with Gasteiger partial charge in [0.25, 0.3) is 0 Å². The zero-order valence-corrected chi connectivity index (χ0v) is 12.9. The molecule has 1 aromatic rings. The smallest absolute Gasteiger partial charge is 0.308 e. The molecular formula is C16H21NO4. The van der Waals surface area contributed by atoms with Gasteiger partial charge in [-0.05, 0) is 44.0 Å². The molecule has 0 fully saturated rings. The number of carbonyl (C=O) groups is 2. The first-order chi connectivity index (χ1) is 9.90. The van der Waals surface area contributed by atoms with Crippen molar-refractivity contribution in [3.63, 3.8) is 0 Å². The standard InChI is InChI=1S/C16H21NO4/c1-5-21-14(18)9-13-11-8-10(20-4)6-7-12(11)16(2,3)15(19)17-13/h6-8,13H,5,9H2,1-4H3,(H,17,19). The Morgan fingerprint density at radius 3 is 2.71 bits per heavy atom. The molecule has 0 radical (unpaired) electrons. The van der Waals surface area contributed by atoms with E-state index in [2.05, 4.69) is 5.32 Å². The van der Waals surface area contributed by atoms with Crippen LogP contribution in [0.2, 0.25) is 0 Å². The number of rotatable bonds is 4. The van der Waals surface area contributed by atoms with E-state index in [9.17, 15) is 9.59 Å². The quantitative estimate of drug-likeness (QED) is 0.863. The Labute approximate surface area is 124 Å². The predicted octanol–water partition coefficient (Wildman–Crippen LogP) is 2.10. The molecule has 2 rings (SSSR count). The van der Waals surface area contributed by atoms with Gasteiger partial charge in [0.15, 0.2) is 0 Å².